The molecule has 8 heteroatoms. The highest BCUT2D eigenvalue weighted by atomic mass is 35.5. The van der Waals surface area contributed by atoms with Gasteiger partial charge in [-0.05, 0) is 48.2 Å². The van der Waals surface area contributed by atoms with Gasteiger partial charge in [0.05, 0.1) is 12.0 Å². The minimum absolute atomic E-state index is 0.245. The molecule has 0 unspecified atom stereocenters. The van der Waals surface area contributed by atoms with Crippen molar-refractivity contribution in [2.45, 2.75) is 33.4 Å². The number of rotatable bonds is 6. The minimum atomic E-state index is -0.462. The topological polar surface area (TPSA) is 61.8 Å². The van der Waals surface area contributed by atoms with Crippen LogP contribution in [-0.4, -0.2) is 18.7 Å². The van der Waals surface area contributed by atoms with Gasteiger partial charge in [-0.25, -0.2) is 18.7 Å². The standard InChI is InChI=1S/C23H22ClFN4O2/c1-15(2)9-10-28-22(30)20-21(29(23(28)31)19-8-4-6-17(24)12-19)26-14-27(20)13-16-5-3-7-18(25)11-16/h3-8,11-12,14-15H,9-10,13H2,1-2H3. The average molecular weight is 441 g/mol. The third-order valence-electron chi connectivity index (χ3n) is 5.14. The maximum absolute atomic E-state index is 13.7. The van der Waals surface area contributed by atoms with E-state index in [0.717, 1.165) is 0 Å². The summed E-state index contributed by atoms with van der Waals surface area (Å²) in [6.45, 7) is 4.61. The van der Waals surface area contributed by atoms with Crippen LogP contribution >= 0.6 is 11.6 Å². The van der Waals surface area contributed by atoms with Gasteiger partial charge in [-0.2, -0.15) is 0 Å². The first-order valence-corrected chi connectivity index (χ1v) is 10.4. The Morgan fingerprint density at radius 1 is 1.10 bits per heavy atom. The first kappa shape index (κ1) is 21.1. The van der Waals surface area contributed by atoms with Crippen molar-refractivity contribution in [3.63, 3.8) is 0 Å². The fourth-order valence-corrected chi connectivity index (χ4v) is 3.75. The number of aromatic nitrogens is 4. The van der Waals surface area contributed by atoms with E-state index in [2.05, 4.69) is 4.98 Å². The van der Waals surface area contributed by atoms with Crippen LogP contribution in [0.4, 0.5) is 4.39 Å². The van der Waals surface area contributed by atoms with Gasteiger partial charge >= 0.3 is 5.69 Å². The van der Waals surface area contributed by atoms with Crippen LogP contribution in [0.3, 0.4) is 0 Å². The van der Waals surface area contributed by atoms with Crippen LogP contribution < -0.4 is 11.2 Å². The van der Waals surface area contributed by atoms with Crippen LogP contribution in [0.25, 0.3) is 16.9 Å². The van der Waals surface area contributed by atoms with Gasteiger partial charge in [0.15, 0.2) is 11.2 Å². The highest BCUT2D eigenvalue weighted by molar-refractivity contribution is 6.30. The average Bonchev–Trinajstić information content (AvgIpc) is 3.11. The molecule has 2 aromatic carbocycles. The maximum Gasteiger partial charge on any atom is 0.337 e. The number of halogens is 2. The van der Waals surface area contributed by atoms with E-state index < -0.39 is 11.2 Å². The van der Waals surface area contributed by atoms with E-state index in [1.54, 1.807) is 41.0 Å². The first-order valence-electron chi connectivity index (χ1n) is 10.1. The number of hydrogen-bond acceptors (Lipinski definition) is 3. The Bertz CT molecular complexity index is 1370. The lowest BCUT2D eigenvalue weighted by molar-refractivity contribution is 0.491. The largest absolute Gasteiger partial charge is 0.337 e. The van der Waals surface area contributed by atoms with Crippen molar-refractivity contribution >= 4 is 22.8 Å². The lowest BCUT2D eigenvalue weighted by Crippen LogP contribution is -2.40. The van der Waals surface area contributed by atoms with Gasteiger partial charge < -0.3 is 4.57 Å². The van der Waals surface area contributed by atoms with Crippen molar-refractivity contribution in [2.24, 2.45) is 5.92 Å². The SMILES string of the molecule is CC(C)CCn1c(=O)c2c(ncn2Cc2cccc(F)c2)n(-c2cccc(Cl)c2)c1=O. The molecule has 2 aromatic heterocycles. The molecule has 0 N–H and O–H groups in total. The van der Waals surface area contributed by atoms with Crippen molar-refractivity contribution in [1.29, 1.82) is 0 Å². The van der Waals surface area contributed by atoms with Gasteiger partial charge in [0, 0.05) is 18.1 Å². The van der Waals surface area contributed by atoms with Crippen molar-refractivity contribution in [3.8, 4) is 5.69 Å². The number of benzene rings is 2. The van der Waals surface area contributed by atoms with E-state index in [1.807, 2.05) is 13.8 Å². The summed E-state index contributed by atoms with van der Waals surface area (Å²) < 4.78 is 18.0. The fourth-order valence-electron chi connectivity index (χ4n) is 3.56. The Morgan fingerprint density at radius 3 is 2.58 bits per heavy atom. The van der Waals surface area contributed by atoms with E-state index in [9.17, 15) is 14.0 Å². The molecular formula is C23H22ClFN4O2. The summed E-state index contributed by atoms with van der Waals surface area (Å²) in [5.41, 5.74) is 0.871. The van der Waals surface area contributed by atoms with Crippen LogP contribution in [0.1, 0.15) is 25.8 Å². The molecule has 160 valence electrons. The van der Waals surface area contributed by atoms with E-state index in [1.165, 1.54) is 27.6 Å². The zero-order valence-corrected chi connectivity index (χ0v) is 18.0. The molecule has 0 saturated carbocycles. The number of hydrogen-bond donors (Lipinski definition) is 0. The molecule has 0 saturated heterocycles. The summed E-state index contributed by atoms with van der Waals surface area (Å²) in [4.78, 5) is 31.0. The maximum atomic E-state index is 13.7. The lowest BCUT2D eigenvalue weighted by Gasteiger charge is -2.14. The Balaban J connectivity index is 1.97. The summed E-state index contributed by atoms with van der Waals surface area (Å²) in [5.74, 6) is -0.0362. The highest BCUT2D eigenvalue weighted by Gasteiger charge is 2.19. The van der Waals surface area contributed by atoms with Gasteiger partial charge in [-0.15, -0.1) is 0 Å². The van der Waals surface area contributed by atoms with Crippen LogP contribution in [-0.2, 0) is 13.1 Å². The molecule has 4 rings (SSSR count). The first-order chi connectivity index (χ1) is 14.8. The Morgan fingerprint density at radius 2 is 1.87 bits per heavy atom. The summed E-state index contributed by atoms with van der Waals surface area (Å²) in [5, 5.41) is 0.469. The predicted octanol–water partition coefficient (Wildman–Crippen LogP) is 4.24. The van der Waals surface area contributed by atoms with Crippen LogP contribution in [0, 0.1) is 11.7 Å². The molecule has 0 aliphatic rings. The zero-order valence-electron chi connectivity index (χ0n) is 17.3. The van der Waals surface area contributed by atoms with Gasteiger partial charge in [0.2, 0.25) is 0 Å². The molecule has 0 bridgehead atoms. The van der Waals surface area contributed by atoms with Crippen LogP contribution in [0.2, 0.25) is 5.02 Å². The Hall–Kier alpha value is -3.19. The third-order valence-corrected chi connectivity index (χ3v) is 5.37. The summed E-state index contributed by atoms with van der Waals surface area (Å²) >= 11 is 6.15. The van der Waals surface area contributed by atoms with Crippen molar-refractivity contribution in [1.82, 2.24) is 18.7 Å². The molecule has 6 nitrogen and oxygen atoms in total. The molecule has 31 heavy (non-hydrogen) atoms. The summed E-state index contributed by atoms with van der Waals surface area (Å²) in [6, 6.07) is 13.0. The van der Waals surface area contributed by atoms with Crippen molar-refractivity contribution < 1.29 is 4.39 Å². The van der Waals surface area contributed by atoms with E-state index in [-0.39, 0.29) is 30.1 Å². The molecule has 0 spiro atoms. The second-order valence-corrected chi connectivity index (χ2v) is 8.35. The second kappa shape index (κ2) is 8.51. The second-order valence-electron chi connectivity index (χ2n) is 7.91. The summed E-state index contributed by atoms with van der Waals surface area (Å²) in [7, 11) is 0. The van der Waals surface area contributed by atoms with Gasteiger partial charge in [-0.3, -0.25) is 9.36 Å². The molecule has 0 amide bonds. The monoisotopic (exact) mass is 440 g/mol. The lowest BCUT2D eigenvalue weighted by atomic mass is 10.1. The molecule has 0 fully saturated rings. The predicted molar refractivity (Wildman–Crippen MR) is 120 cm³/mol. The molecule has 0 aliphatic carbocycles. The molecule has 0 radical (unpaired) electrons. The number of imidazole rings is 1. The fraction of sp³-hybridized carbons (Fsp3) is 0.261. The number of fused-ring (bicyclic) bond motifs is 1. The zero-order chi connectivity index (χ0) is 22.1. The molecule has 2 heterocycles. The van der Waals surface area contributed by atoms with Gasteiger partial charge in [0.1, 0.15) is 5.82 Å². The smallest absolute Gasteiger partial charge is 0.320 e. The molecule has 4 aromatic rings. The van der Waals surface area contributed by atoms with E-state index in [4.69, 9.17) is 11.6 Å². The highest BCUT2D eigenvalue weighted by Crippen LogP contribution is 2.18. The van der Waals surface area contributed by atoms with Crippen molar-refractivity contribution in [3.05, 3.63) is 92.1 Å². The van der Waals surface area contributed by atoms with Crippen molar-refractivity contribution in [2.75, 3.05) is 0 Å². The summed E-state index contributed by atoms with van der Waals surface area (Å²) in [6.07, 6.45) is 2.18. The van der Waals surface area contributed by atoms with Crippen LogP contribution in [0.5, 0.6) is 0 Å². The normalized spacial score (nSPS) is 11.5. The Labute approximate surface area is 183 Å². The van der Waals surface area contributed by atoms with Crippen LogP contribution in [0.15, 0.2) is 64.4 Å². The quantitative estimate of drug-likeness (QED) is 0.450. The Kier molecular flexibility index (Phi) is 5.78. The molecule has 0 aliphatic heterocycles. The van der Waals surface area contributed by atoms with E-state index >= 15 is 0 Å². The molecular weight excluding hydrogens is 419 g/mol. The van der Waals surface area contributed by atoms with Gasteiger partial charge in [0.25, 0.3) is 5.56 Å². The number of nitrogens with zero attached hydrogens (tertiary/aromatic N) is 4. The molecule has 0 atom stereocenters. The van der Waals surface area contributed by atoms with E-state index in [0.29, 0.717) is 28.6 Å². The third kappa shape index (κ3) is 4.18. The van der Waals surface area contributed by atoms with Gasteiger partial charge in [-0.1, -0.05) is 43.6 Å². The minimum Gasteiger partial charge on any atom is -0.320 e.